The molecule has 2 rings (SSSR count). The molecule has 2 nitrogen and oxygen atoms in total. The predicted octanol–water partition coefficient (Wildman–Crippen LogP) is 5.11. The first-order valence-electron chi connectivity index (χ1n) is 5.15. The van der Waals surface area contributed by atoms with Crippen molar-refractivity contribution in [3.8, 4) is 0 Å². The molecule has 6 heteroatoms. The van der Waals surface area contributed by atoms with Crippen molar-refractivity contribution in [1.82, 2.24) is 0 Å². The number of para-hydroxylation sites is 1. The van der Waals surface area contributed by atoms with E-state index in [9.17, 15) is 4.79 Å². The van der Waals surface area contributed by atoms with Gasteiger partial charge >= 0.3 is 0 Å². The molecule has 2 aromatic carbocycles. The van der Waals surface area contributed by atoms with Gasteiger partial charge in [0.05, 0.1) is 25.7 Å². The van der Waals surface area contributed by atoms with E-state index in [1.807, 2.05) is 0 Å². The largest absolute Gasteiger partial charge is 0.398 e. The number of hydrogen-bond donors (Lipinski definition) is 1. The molecule has 0 aliphatic carbocycles. The number of carbonyl (C=O) groups is 1. The molecule has 0 radical (unpaired) electrons. The highest BCUT2D eigenvalue weighted by Gasteiger charge is 2.22. The third-order valence-corrected chi connectivity index (χ3v) is 4.11. The van der Waals surface area contributed by atoms with Crippen molar-refractivity contribution in [3.05, 3.63) is 61.5 Å². The lowest BCUT2D eigenvalue weighted by molar-refractivity contribution is 0.104. The molecule has 98 valence electrons. The predicted molar refractivity (Wildman–Crippen MR) is 80.8 cm³/mol. The number of hydrogen-bond acceptors (Lipinski definition) is 2. The lowest BCUT2D eigenvalue weighted by Gasteiger charge is -2.10. The molecule has 2 aromatic rings. The first-order chi connectivity index (χ1) is 8.93. The highest BCUT2D eigenvalue weighted by Crippen LogP contribution is 2.38. The minimum absolute atomic E-state index is 0.0208. The zero-order valence-electron chi connectivity index (χ0n) is 9.38. The summed E-state index contributed by atoms with van der Waals surface area (Å²) >= 11 is 23.8. The second-order valence-electron chi connectivity index (χ2n) is 3.76. The van der Waals surface area contributed by atoms with E-state index < -0.39 is 5.78 Å². The number of halogens is 4. The molecule has 0 aliphatic heterocycles. The molecule has 0 atom stereocenters. The fraction of sp³-hybridized carbons (Fsp3) is 0. The highest BCUT2D eigenvalue weighted by molar-refractivity contribution is 6.51. The van der Waals surface area contributed by atoms with Crippen LogP contribution in [0.3, 0.4) is 0 Å². The van der Waals surface area contributed by atoms with Crippen molar-refractivity contribution in [1.29, 1.82) is 0 Å². The number of carbonyl (C=O) groups excluding carboxylic acids is 1. The van der Waals surface area contributed by atoms with Gasteiger partial charge in [-0.2, -0.15) is 0 Å². The SMILES string of the molecule is Nc1ccccc1C(=O)c1c(Cl)cc(Cl)c(Cl)c1Cl. The van der Waals surface area contributed by atoms with Crippen LogP contribution in [-0.4, -0.2) is 5.78 Å². The first kappa shape index (κ1) is 14.5. The molecule has 0 bridgehead atoms. The van der Waals surface area contributed by atoms with E-state index in [0.717, 1.165) is 0 Å². The number of nitrogen functional groups attached to an aromatic ring is 1. The van der Waals surface area contributed by atoms with Gasteiger partial charge in [-0.05, 0) is 18.2 Å². The van der Waals surface area contributed by atoms with Crippen LogP contribution in [0.1, 0.15) is 15.9 Å². The van der Waals surface area contributed by atoms with Crippen molar-refractivity contribution in [3.63, 3.8) is 0 Å². The number of rotatable bonds is 2. The number of anilines is 1. The van der Waals surface area contributed by atoms with Gasteiger partial charge in [-0.15, -0.1) is 0 Å². The Bertz CT molecular complexity index is 670. The molecule has 2 N–H and O–H groups in total. The van der Waals surface area contributed by atoms with Gasteiger partial charge in [0.25, 0.3) is 0 Å². The lowest BCUT2D eigenvalue weighted by Crippen LogP contribution is -2.07. The zero-order chi connectivity index (χ0) is 14.2. The van der Waals surface area contributed by atoms with Gasteiger partial charge in [-0.1, -0.05) is 58.5 Å². The minimum Gasteiger partial charge on any atom is -0.398 e. The van der Waals surface area contributed by atoms with E-state index in [-0.39, 0.29) is 25.7 Å². The Kier molecular flexibility index (Phi) is 4.26. The Hall–Kier alpha value is -0.930. The van der Waals surface area contributed by atoms with E-state index in [0.29, 0.717) is 11.3 Å². The van der Waals surface area contributed by atoms with Crippen LogP contribution in [-0.2, 0) is 0 Å². The summed E-state index contributed by atoms with van der Waals surface area (Å²) in [5.41, 5.74) is 6.50. The smallest absolute Gasteiger partial charge is 0.198 e. The van der Waals surface area contributed by atoms with E-state index in [1.165, 1.54) is 6.07 Å². The van der Waals surface area contributed by atoms with Gasteiger partial charge in [0, 0.05) is 11.3 Å². The van der Waals surface area contributed by atoms with Crippen molar-refractivity contribution < 1.29 is 4.79 Å². The van der Waals surface area contributed by atoms with Crippen molar-refractivity contribution in [2.75, 3.05) is 5.73 Å². The molecule has 0 aliphatic rings. The van der Waals surface area contributed by atoms with Gasteiger partial charge in [0.15, 0.2) is 5.78 Å². The van der Waals surface area contributed by atoms with E-state index in [2.05, 4.69) is 0 Å². The van der Waals surface area contributed by atoms with Crippen LogP contribution < -0.4 is 5.73 Å². The van der Waals surface area contributed by atoms with E-state index in [4.69, 9.17) is 52.1 Å². The van der Waals surface area contributed by atoms with Gasteiger partial charge < -0.3 is 5.73 Å². The number of nitrogens with two attached hydrogens (primary N) is 1. The minimum atomic E-state index is -0.397. The summed E-state index contributed by atoms with van der Waals surface area (Å²) in [6.07, 6.45) is 0. The zero-order valence-corrected chi connectivity index (χ0v) is 12.4. The summed E-state index contributed by atoms with van der Waals surface area (Å²) < 4.78 is 0. The van der Waals surface area contributed by atoms with Crippen molar-refractivity contribution in [2.45, 2.75) is 0 Å². The Morgan fingerprint density at radius 3 is 2.21 bits per heavy atom. The molecule has 0 spiro atoms. The Balaban J connectivity index is 2.64. The molecular formula is C13H7Cl4NO. The van der Waals surface area contributed by atoms with Crippen molar-refractivity contribution >= 4 is 57.9 Å². The molecule has 19 heavy (non-hydrogen) atoms. The topological polar surface area (TPSA) is 43.1 Å². The molecule has 0 amide bonds. The second-order valence-corrected chi connectivity index (χ2v) is 5.33. The van der Waals surface area contributed by atoms with Crippen molar-refractivity contribution in [2.24, 2.45) is 0 Å². The molecule has 0 saturated carbocycles. The summed E-state index contributed by atoms with van der Waals surface area (Å²) in [6, 6.07) is 8.01. The molecule has 0 saturated heterocycles. The fourth-order valence-corrected chi connectivity index (χ4v) is 2.70. The summed E-state index contributed by atoms with van der Waals surface area (Å²) in [4.78, 5) is 12.4. The summed E-state index contributed by atoms with van der Waals surface area (Å²) in [7, 11) is 0. The maximum absolute atomic E-state index is 12.4. The molecule has 0 aromatic heterocycles. The van der Waals surface area contributed by atoms with Crippen LogP contribution >= 0.6 is 46.4 Å². The maximum atomic E-state index is 12.4. The van der Waals surface area contributed by atoms with Crippen LogP contribution in [0.5, 0.6) is 0 Å². The summed E-state index contributed by atoms with van der Waals surface area (Å²) in [5, 5.41) is 0.430. The van der Waals surface area contributed by atoms with E-state index >= 15 is 0 Å². The number of benzene rings is 2. The third-order valence-electron chi connectivity index (χ3n) is 2.55. The standard InChI is InChI=1S/C13H7Cl4NO/c14-7-5-8(15)11(16)12(17)10(7)13(19)6-3-1-2-4-9(6)18/h1-5H,18H2. The number of ketones is 1. The average molecular weight is 335 g/mol. The maximum Gasteiger partial charge on any atom is 0.198 e. The summed E-state index contributed by atoms with van der Waals surface area (Å²) in [6.45, 7) is 0. The van der Waals surface area contributed by atoms with Crippen LogP contribution in [0.25, 0.3) is 0 Å². The second kappa shape index (κ2) is 5.59. The normalized spacial score (nSPS) is 10.5. The summed E-state index contributed by atoms with van der Waals surface area (Å²) in [5.74, 6) is -0.397. The monoisotopic (exact) mass is 333 g/mol. The van der Waals surface area contributed by atoms with Gasteiger partial charge in [-0.3, -0.25) is 4.79 Å². The van der Waals surface area contributed by atoms with Gasteiger partial charge in [-0.25, -0.2) is 0 Å². The highest BCUT2D eigenvalue weighted by atomic mass is 35.5. The molecule has 0 fully saturated rings. The van der Waals surface area contributed by atoms with Gasteiger partial charge in [0.2, 0.25) is 0 Å². The first-order valence-corrected chi connectivity index (χ1v) is 6.67. The van der Waals surface area contributed by atoms with E-state index in [1.54, 1.807) is 24.3 Å². The molecule has 0 unspecified atom stereocenters. The Morgan fingerprint density at radius 1 is 0.947 bits per heavy atom. The third kappa shape index (κ3) is 2.67. The Morgan fingerprint density at radius 2 is 1.58 bits per heavy atom. The van der Waals surface area contributed by atoms with Crippen LogP contribution in [0, 0.1) is 0 Å². The fourth-order valence-electron chi connectivity index (χ4n) is 1.61. The van der Waals surface area contributed by atoms with Crippen LogP contribution in [0.4, 0.5) is 5.69 Å². The molecular weight excluding hydrogens is 328 g/mol. The lowest BCUT2D eigenvalue weighted by atomic mass is 10.0. The molecule has 0 heterocycles. The Labute approximate surface area is 130 Å². The van der Waals surface area contributed by atoms with Gasteiger partial charge in [0.1, 0.15) is 0 Å². The van der Waals surface area contributed by atoms with Crippen LogP contribution in [0.2, 0.25) is 20.1 Å². The average Bonchev–Trinajstić information content (AvgIpc) is 2.36. The quantitative estimate of drug-likeness (QED) is 0.359. The van der Waals surface area contributed by atoms with Crippen LogP contribution in [0.15, 0.2) is 30.3 Å².